The summed E-state index contributed by atoms with van der Waals surface area (Å²) in [5.41, 5.74) is 0.952. The fourth-order valence-electron chi connectivity index (χ4n) is 2.41. The molecule has 0 aliphatic heterocycles. The Morgan fingerprint density at radius 3 is 3.00 bits per heavy atom. The Balaban J connectivity index is 1.93. The monoisotopic (exact) mass is 249 g/mol. The minimum Gasteiger partial charge on any atom is -0.477 e. The summed E-state index contributed by atoms with van der Waals surface area (Å²) < 4.78 is 5.90. The molecule has 0 saturated heterocycles. The fourth-order valence-corrected chi connectivity index (χ4v) is 2.41. The van der Waals surface area contributed by atoms with Gasteiger partial charge in [0, 0.05) is 6.20 Å². The van der Waals surface area contributed by atoms with Crippen molar-refractivity contribution in [1.82, 2.24) is 4.98 Å². The Labute approximate surface area is 107 Å². The molecule has 4 heteroatoms. The average molecular weight is 249 g/mol. The van der Waals surface area contributed by atoms with Gasteiger partial charge in [0.15, 0.2) is 0 Å². The Kier molecular flexibility index (Phi) is 4.31. The lowest BCUT2D eigenvalue weighted by Crippen LogP contribution is -2.25. The minimum atomic E-state index is -0.997. The zero-order valence-electron chi connectivity index (χ0n) is 10.6. The average Bonchev–Trinajstić information content (AvgIpc) is 2.38. The van der Waals surface area contributed by atoms with Crippen LogP contribution in [0.2, 0.25) is 0 Å². The van der Waals surface area contributed by atoms with E-state index in [0.29, 0.717) is 18.6 Å². The Hall–Kier alpha value is -1.42. The molecule has 2 rings (SSSR count). The molecule has 0 amide bonds. The molecular formula is C14H19NO3. The van der Waals surface area contributed by atoms with Crippen molar-refractivity contribution in [2.45, 2.75) is 45.3 Å². The van der Waals surface area contributed by atoms with Gasteiger partial charge in [-0.1, -0.05) is 19.8 Å². The van der Waals surface area contributed by atoms with Crippen molar-refractivity contribution in [1.29, 1.82) is 0 Å². The van der Waals surface area contributed by atoms with Gasteiger partial charge in [0.25, 0.3) is 0 Å². The summed E-state index contributed by atoms with van der Waals surface area (Å²) in [7, 11) is 0. The normalized spacial score (nSPS) is 23.8. The van der Waals surface area contributed by atoms with Crippen molar-refractivity contribution in [2.75, 3.05) is 0 Å². The molecule has 0 spiro atoms. The van der Waals surface area contributed by atoms with Gasteiger partial charge in [-0.2, -0.15) is 0 Å². The lowest BCUT2D eigenvalue weighted by molar-refractivity contribution is -0.0155. The van der Waals surface area contributed by atoms with Crippen molar-refractivity contribution in [3.05, 3.63) is 29.6 Å². The maximum Gasteiger partial charge on any atom is 0.354 e. The van der Waals surface area contributed by atoms with Crippen LogP contribution in [0.5, 0.6) is 0 Å². The first-order chi connectivity index (χ1) is 8.66. The van der Waals surface area contributed by atoms with Crippen LogP contribution in [0.3, 0.4) is 0 Å². The molecule has 1 fully saturated rings. The first-order valence-corrected chi connectivity index (χ1v) is 6.46. The number of carboxylic acids is 1. The number of ether oxygens (including phenoxy) is 1. The third-order valence-electron chi connectivity index (χ3n) is 3.54. The summed E-state index contributed by atoms with van der Waals surface area (Å²) in [5, 5.41) is 8.86. The highest BCUT2D eigenvalue weighted by Gasteiger charge is 2.21. The molecule has 0 bridgehead atoms. The van der Waals surface area contributed by atoms with Crippen LogP contribution in [0.25, 0.3) is 0 Å². The van der Waals surface area contributed by atoms with Crippen molar-refractivity contribution in [3.8, 4) is 0 Å². The van der Waals surface area contributed by atoms with E-state index in [1.165, 1.54) is 25.5 Å². The van der Waals surface area contributed by atoms with Gasteiger partial charge in [0.05, 0.1) is 12.7 Å². The smallest absolute Gasteiger partial charge is 0.354 e. The highest BCUT2D eigenvalue weighted by molar-refractivity contribution is 5.85. The largest absolute Gasteiger partial charge is 0.477 e. The zero-order chi connectivity index (χ0) is 13.0. The first kappa shape index (κ1) is 13.0. The summed E-state index contributed by atoms with van der Waals surface area (Å²) in [4.78, 5) is 14.6. The minimum absolute atomic E-state index is 0.0767. The van der Waals surface area contributed by atoms with Crippen LogP contribution in [0.4, 0.5) is 0 Å². The molecule has 0 radical (unpaired) electrons. The second-order valence-corrected chi connectivity index (χ2v) is 4.97. The van der Waals surface area contributed by atoms with Crippen molar-refractivity contribution in [3.63, 3.8) is 0 Å². The van der Waals surface area contributed by atoms with Gasteiger partial charge in [0.2, 0.25) is 0 Å². The van der Waals surface area contributed by atoms with E-state index < -0.39 is 5.97 Å². The second kappa shape index (κ2) is 5.96. The highest BCUT2D eigenvalue weighted by atomic mass is 16.5. The standard InChI is InChI=1S/C14H19NO3/c1-10-4-2-3-5-13(10)18-9-11-6-7-15-12(8-11)14(16)17/h6-8,10,13H,2-5,9H2,1H3,(H,16,17). The summed E-state index contributed by atoms with van der Waals surface area (Å²) in [6.07, 6.45) is 6.68. The lowest BCUT2D eigenvalue weighted by Gasteiger charge is -2.28. The third kappa shape index (κ3) is 3.29. The predicted molar refractivity (Wildman–Crippen MR) is 67.4 cm³/mol. The van der Waals surface area contributed by atoms with Crippen LogP contribution >= 0.6 is 0 Å². The van der Waals surface area contributed by atoms with Crippen molar-refractivity contribution >= 4 is 5.97 Å². The van der Waals surface area contributed by atoms with E-state index in [0.717, 1.165) is 12.0 Å². The molecule has 1 N–H and O–H groups in total. The van der Waals surface area contributed by atoms with E-state index in [-0.39, 0.29) is 5.69 Å². The van der Waals surface area contributed by atoms with Crippen molar-refractivity contribution in [2.24, 2.45) is 5.92 Å². The predicted octanol–water partition coefficient (Wildman–Crippen LogP) is 2.88. The number of pyridine rings is 1. The Bertz CT molecular complexity index is 419. The molecule has 4 nitrogen and oxygen atoms in total. The second-order valence-electron chi connectivity index (χ2n) is 4.97. The number of aromatic carboxylic acids is 1. The van der Waals surface area contributed by atoms with Gasteiger partial charge in [-0.3, -0.25) is 0 Å². The van der Waals surface area contributed by atoms with Crippen LogP contribution in [0, 0.1) is 5.92 Å². The first-order valence-electron chi connectivity index (χ1n) is 6.46. The van der Waals surface area contributed by atoms with Crippen LogP contribution in [0.15, 0.2) is 18.3 Å². The number of aromatic nitrogens is 1. The number of hydrogen-bond acceptors (Lipinski definition) is 3. The highest BCUT2D eigenvalue weighted by Crippen LogP contribution is 2.26. The Morgan fingerprint density at radius 2 is 2.28 bits per heavy atom. The molecule has 1 heterocycles. The van der Waals surface area contributed by atoms with E-state index >= 15 is 0 Å². The zero-order valence-corrected chi connectivity index (χ0v) is 10.6. The molecule has 0 aromatic carbocycles. The van der Waals surface area contributed by atoms with Crippen LogP contribution in [0.1, 0.15) is 48.7 Å². The van der Waals surface area contributed by atoms with Crippen molar-refractivity contribution < 1.29 is 14.6 Å². The number of carboxylic acid groups (broad SMARTS) is 1. The summed E-state index contributed by atoms with van der Waals surface area (Å²) in [6, 6.07) is 3.38. The number of carbonyl (C=O) groups is 1. The number of rotatable bonds is 4. The molecule has 2 atom stereocenters. The van der Waals surface area contributed by atoms with Gasteiger partial charge < -0.3 is 9.84 Å². The van der Waals surface area contributed by atoms with Gasteiger partial charge in [-0.15, -0.1) is 0 Å². The maximum atomic E-state index is 10.8. The molecule has 18 heavy (non-hydrogen) atoms. The van der Waals surface area contributed by atoms with E-state index in [4.69, 9.17) is 9.84 Å². The maximum absolute atomic E-state index is 10.8. The van der Waals surface area contributed by atoms with E-state index in [2.05, 4.69) is 11.9 Å². The molecule has 98 valence electrons. The molecule has 1 aromatic rings. The fraction of sp³-hybridized carbons (Fsp3) is 0.571. The van der Waals surface area contributed by atoms with Gasteiger partial charge >= 0.3 is 5.97 Å². The molecular weight excluding hydrogens is 230 g/mol. The van der Waals surface area contributed by atoms with Crippen LogP contribution < -0.4 is 0 Å². The summed E-state index contributed by atoms with van der Waals surface area (Å²) >= 11 is 0. The molecule has 1 aliphatic rings. The Morgan fingerprint density at radius 1 is 1.50 bits per heavy atom. The van der Waals surface area contributed by atoms with Crippen LogP contribution in [-0.4, -0.2) is 22.2 Å². The van der Waals surface area contributed by atoms with Crippen LogP contribution in [-0.2, 0) is 11.3 Å². The quantitative estimate of drug-likeness (QED) is 0.891. The summed E-state index contributed by atoms with van der Waals surface area (Å²) in [6.45, 7) is 2.69. The lowest BCUT2D eigenvalue weighted by atomic mass is 9.88. The molecule has 1 saturated carbocycles. The van der Waals surface area contributed by atoms with Gasteiger partial charge in [-0.25, -0.2) is 9.78 Å². The number of hydrogen-bond donors (Lipinski definition) is 1. The van der Waals surface area contributed by atoms with E-state index in [1.807, 2.05) is 0 Å². The van der Waals surface area contributed by atoms with Gasteiger partial charge in [0.1, 0.15) is 5.69 Å². The van der Waals surface area contributed by atoms with Gasteiger partial charge in [-0.05, 0) is 36.5 Å². The number of nitrogens with zero attached hydrogens (tertiary/aromatic N) is 1. The molecule has 1 aliphatic carbocycles. The molecule has 1 aromatic heterocycles. The van der Waals surface area contributed by atoms with E-state index in [9.17, 15) is 4.79 Å². The third-order valence-corrected chi connectivity index (χ3v) is 3.54. The summed E-state index contributed by atoms with van der Waals surface area (Å²) in [5.74, 6) is -0.401. The van der Waals surface area contributed by atoms with E-state index in [1.54, 1.807) is 12.1 Å². The SMILES string of the molecule is CC1CCCCC1OCc1ccnc(C(=O)O)c1. The molecule has 2 unspecified atom stereocenters. The topological polar surface area (TPSA) is 59.4 Å².